The summed E-state index contributed by atoms with van der Waals surface area (Å²) in [6.07, 6.45) is 1.08. The van der Waals surface area contributed by atoms with E-state index in [4.69, 9.17) is 11.6 Å². The van der Waals surface area contributed by atoms with Gasteiger partial charge in [0.15, 0.2) is 0 Å². The molecule has 0 atom stereocenters. The SMILES string of the molecule is CN(C)C(=O)CCCNc1c(F)cccc1Cl. The van der Waals surface area contributed by atoms with Crippen LogP contribution in [-0.4, -0.2) is 31.4 Å². The van der Waals surface area contributed by atoms with Crippen molar-refractivity contribution in [3.8, 4) is 0 Å². The topological polar surface area (TPSA) is 32.3 Å². The third kappa shape index (κ3) is 4.23. The number of rotatable bonds is 5. The Morgan fingerprint density at radius 2 is 2.18 bits per heavy atom. The molecule has 1 aromatic carbocycles. The van der Waals surface area contributed by atoms with Crippen LogP contribution in [0, 0.1) is 5.82 Å². The van der Waals surface area contributed by atoms with Crippen molar-refractivity contribution < 1.29 is 9.18 Å². The largest absolute Gasteiger partial charge is 0.381 e. The van der Waals surface area contributed by atoms with Gasteiger partial charge in [0.1, 0.15) is 5.82 Å². The molecular formula is C12H16ClFN2O. The van der Waals surface area contributed by atoms with E-state index in [9.17, 15) is 9.18 Å². The van der Waals surface area contributed by atoms with E-state index in [1.807, 2.05) is 0 Å². The standard InChI is InChI=1S/C12H16ClFN2O/c1-16(2)11(17)7-4-8-15-12-9(13)5-3-6-10(12)14/h3,5-6,15H,4,7-8H2,1-2H3. The van der Waals surface area contributed by atoms with Crippen LogP contribution in [0.15, 0.2) is 18.2 Å². The highest BCUT2D eigenvalue weighted by molar-refractivity contribution is 6.33. The van der Waals surface area contributed by atoms with Gasteiger partial charge >= 0.3 is 0 Å². The quantitative estimate of drug-likeness (QED) is 0.824. The van der Waals surface area contributed by atoms with Gasteiger partial charge in [-0.25, -0.2) is 4.39 Å². The van der Waals surface area contributed by atoms with Gasteiger partial charge in [-0.1, -0.05) is 17.7 Å². The second-order valence-corrected chi connectivity index (χ2v) is 4.32. The molecule has 1 aromatic rings. The Morgan fingerprint density at radius 1 is 1.47 bits per heavy atom. The van der Waals surface area contributed by atoms with Crippen molar-refractivity contribution in [3.63, 3.8) is 0 Å². The highest BCUT2D eigenvalue weighted by atomic mass is 35.5. The first kappa shape index (κ1) is 13.8. The van der Waals surface area contributed by atoms with E-state index < -0.39 is 0 Å². The monoisotopic (exact) mass is 258 g/mol. The molecule has 0 aliphatic heterocycles. The number of carbonyl (C=O) groups excluding carboxylic acids is 1. The first-order valence-electron chi connectivity index (χ1n) is 5.40. The van der Waals surface area contributed by atoms with Gasteiger partial charge in [0.2, 0.25) is 5.91 Å². The fraction of sp³-hybridized carbons (Fsp3) is 0.417. The molecule has 0 spiro atoms. The number of para-hydroxylation sites is 1. The van der Waals surface area contributed by atoms with Crippen molar-refractivity contribution in [2.45, 2.75) is 12.8 Å². The Hall–Kier alpha value is -1.29. The molecule has 17 heavy (non-hydrogen) atoms. The van der Waals surface area contributed by atoms with Crippen LogP contribution in [0.3, 0.4) is 0 Å². The van der Waals surface area contributed by atoms with Crippen molar-refractivity contribution in [3.05, 3.63) is 29.0 Å². The highest BCUT2D eigenvalue weighted by Gasteiger charge is 2.07. The average Bonchev–Trinajstić information content (AvgIpc) is 2.27. The lowest BCUT2D eigenvalue weighted by molar-refractivity contribution is -0.128. The van der Waals surface area contributed by atoms with Gasteiger partial charge in [-0.3, -0.25) is 4.79 Å². The maximum absolute atomic E-state index is 13.3. The van der Waals surface area contributed by atoms with Crippen molar-refractivity contribution in [2.75, 3.05) is 26.0 Å². The number of benzene rings is 1. The molecule has 0 aliphatic carbocycles. The van der Waals surface area contributed by atoms with E-state index in [1.165, 1.54) is 11.0 Å². The molecule has 0 aromatic heterocycles. The Bertz CT molecular complexity index is 376. The van der Waals surface area contributed by atoms with Crippen LogP contribution in [-0.2, 0) is 4.79 Å². The number of nitrogens with zero attached hydrogens (tertiary/aromatic N) is 1. The lowest BCUT2D eigenvalue weighted by atomic mass is 10.2. The van der Waals surface area contributed by atoms with Gasteiger partial charge in [-0.2, -0.15) is 0 Å². The molecule has 0 radical (unpaired) electrons. The summed E-state index contributed by atoms with van der Waals surface area (Å²) in [6.45, 7) is 0.514. The normalized spacial score (nSPS) is 10.1. The molecule has 0 aliphatic rings. The summed E-state index contributed by atoms with van der Waals surface area (Å²) in [5, 5.41) is 3.25. The summed E-state index contributed by atoms with van der Waals surface area (Å²) < 4.78 is 13.3. The van der Waals surface area contributed by atoms with Crippen molar-refractivity contribution in [2.24, 2.45) is 0 Å². The van der Waals surface area contributed by atoms with E-state index in [-0.39, 0.29) is 11.7 Å². The molecule has 5 heteroatoms. The molecule has 0 saturated carbocycles. The van der Waals surface area contributed by atoms with Gasteiger partial charge in [-0.05, 0) is 18.6 Å². The van der Waals surface area contributed by atoms with E-state index in [0.717, 1.165) is 0 Å². The number of hydrogen-bond acceptors (Lipinski definition) is 2. The second kappa shape index (κ2) is 6.45. The smallest absolute Gasteiger partial charge is 0.222 e. The Morgan fingerprint density at radius 3 is 2.76 bits per heavy atom. The summed E-state index contributed by atoms with van der Waals surface area (Å²) in [6, 6.07) is 4.52. The Kier molecular flexibility index (Phi) is 5.22. The number of carbonyl (C=O) groups is 1. The zero-order valence-corrected chi connectivity index (χ0v) is 10.7. The third-order valence-corrected chi connectivity index (χ3v) is 2.65. The molecule has 0 heterocycles. The number of anilines is 1. The van der Waals surface area contributed by atoms with Gasteiger partial charge in [0.25, 0.3) is 0 Å². The molecule has 1 rings (SSSR count). The van der Waals surface area contributed by atoms with Gasteiger partial charge in [0, 0.05) is 27.1 Å². The minimum absolute atomic E-state index is 0.0615. The summed E-state index contributed by atoms with van der Waals surface area (Å²) in [5.74, 6) is -0.317. The summed E-state index contributed by atoms with van der Waals surface area (Å²) in [5.41, 5.74) is 0.298. The predicted molar refractivity (Wildman–Crippen MR) is 67.8 cm³/mol. The first-order valence-corrected chi connectivity index (χ1v) is 5.78. The van der Waals surface area contributed by atoms with Crippen molar-refractivity contribution in [1.82, 2.24) is 4.90 Å². The Labute approximate surface area is 106 Å². The molecule has 94 valence electrons. The minimum Gasteiger partial charge on any atom is -0.381 e. The molecular weight excluding hydrogens is 243 g/mol. The minimum atomic E-state index is -0.378. The van der Waals surface area contributed by atoms with Gasteiger partial charge < -0.3 is 10.2 Å². The maximum Gasteiger partial charge on any atom is 0.222 e. The van der Waals surface area contributed by atoms with E-state index in [0.29, 0.717) is 30.1 Å². The second-order valence-electron chi connectivity index (χ2n) is 3.92. The predicted octanol–water partition coefficient (Wildman–Crippen LogP) is 2.76. The zero-order valence-electron chi connectivity index (χ0n) is 9.96. The summed E-state index contributed by atoms with van der Waals surface area (Å²) >= 11 is 5.84. The van der Waals surface area contributed by atoms with Crippen molar-refractivity contribution in [1.29, 1.82) is 0 Å². The number of hydrogen-bond donors (Lipinski definition) is 1. The number of nitrogens with one attached hydrogen (secondary N) is 1. The van der Waals surface area contributed by atoms with Crippen LogP contribution in [0.4, 0.5) is 10.1 Å². The fourth-order valence-electron chi connectivity index (χ4n) is 1.34. The average molecular weight is 259 g/mol. The van der Waals surface area contributed by atoms with E-state index >= 15 is 0 Å². The van der Waals surface area contributed by atoms with Crippen LogP contribution < -0.4 is 5.32 Å². The summed E-state index contributed by atoms with van der Waals surface area (Å²) in [4.78, 5) is 12.8. The fourth-order valence-corrected chi connectivity index (χ4v) is 1.57. The molecule has 0 bridgehead atoms. The highest BCUT2D eigenvalue weighted by Crippen LogP contribution is 2.24. The molecule has 1 amide bonds. The molecule has 0 unspecified atom stereocenters. The molecule has 3 nitrogen and oxygen atoms in total. The van der Waals surface area contributed by atoms with E-state index in [2.05, 4.69) is 5.32 Å². The van der Waals surface area contributed by atoms with Crippen LogP contribution in [0.1, 0.15) is 12.8 Å². The van der Waals surface area contributed by atoms with Crippen LogP contribution in [0.5, 0.6) is 0 Å². The molecule has 1 N–H and O–H groups in total. The van der Waals surface area contributed by atoms with Crippen molar-refractivity contribution >= 4 is 23.2 Å². The van der Waals surface area contributed by atoms with Gasteiger partial charge in [-0.15, -0.1) is 0 Å². The molecule has 0 saturated heterocycles. The first-order chi connectivity index (χ1) is 8.02. The van der Waals surface area contributed by atoms with Crippen LogP contribution in [0.2, 0.25) is 5.02 Å². The van der Waals surface area contributed by atoms with Crippen LogP contribution >= 0.6 is 11.6 Å². The number of amides is 1. The van der Waals surface area contributed by atoms with E-state index in [1.54, 1.807) is 26.2 Å². The lowest BCUT2D eigenvalue weighted by Crippen LogP contribution is -2.22. The molecule has 0 fully saturated rings. The van der Waals surface area contributed by atoms with Gasteiger partial charge in [0.05, 0.1) is 10.7 Å². The third-order valence-electron chi connectivity index (χ3n) is 2.33. The summed E-state index contributed by atoms with van der Waals surface area (Å²) in [7, 11) is 3.42. The zero-order chi connectivity index (χ0) is 12.8. The Balaban J connectivity index is 2.39. The van der Waals surface area contributed by atoms with Crippen LogP contribution in [0.25, 0.3) is 0 Å². The number of halogens is 2. The lowest BCUT2D eigenvalue weighted by Gasteiger charge is -2.11. The maximum atomic E-state index is 13.3.